The van der Waals surface area contributed by atoms with Crippen molar-refractivity contribution in [2.75, 3.05) is 5.32 Å². The number of carboxylic acid groups (broad SMARTS) is 1. The van der Waals surface area contributed by atoms with Crippen molar-refractivity contribution in [2.24, 2.45) is 0 Å². The lowest BCUT2D eigenvalue weighted by Gasteiger charge is -2.08. The molecule has 5 nitrogen and oxygen atoms in total. The van der Waals surface area contributed by atoms with Crippen LogP contribution in [0.5, 0.6) is 0 Å². The number of carbonyl (C=O) groups excluding carboxylic acids is 1. The fraction of sp³-hybridized carbons (Fsp3) is 0.0909. The lowest BCUT2D eigenvalue weighted by molar-refractivity contribution is 0.0697. The van der Waals surface area contributed by atoms with Crippen molar-refractivity contribution in [1.29, 1.82) is 0 Å². The van der Waals surface area contributed by atoms with Gasteiger partial charge < -0.3 is 10.4 Å². The van der Waals surface area contributed by atoms with Gasteiger partial charge in [-0.3, -0.25) is 9.00 Å². The molecule has 0 aliphatic heterocycles. The molecule has 1 unspecified atom stereocenters. The van der Waals surface area contributed by atoms with E-state index < -0.39 is 22.7 Å². The Bertz CT molecular complexity index is 1020. The molecule has 0 bridgehead atoms. The molecule has 0 saturated heterocycles. The third kappa shape index (κ3) is 5.37. The minimum atomic E-state index is -1.09. The molecule has 0 saturated carbocycles. The molecule has 2 N–H and O–H groups in total. The van der Waals surface area contributed by atoms with Crippen LogP contribution in [0.4, 0.5) is 5.69 Å². The molecule has 3 aromatic rings. The van der Waals surface area contributed by atoms with Gasteiger partial charge in [-0.1, -0.05) is 48.5 Å². The highest BCUT2D eigenvalue weighted by atomic mass is 32.2. The first-order chi connectivity index (χ1) is 13.5. The average molecular weight is 393 g/mol. The summed E-state index contributed by atoms with van der Waals surface area (Å²) in [5, 5.41) is 11.8. The number of carboxylic acids is 1. The molecular weight excluding hydrogens is 374 g/mol. The fourth-order valence-corrected chi connectivity index (χ4v) is 3.95. The molecule has 1 atom stereocenters. The number of aromatic carboxylic acids is 1. The van der Waals surface area contributed by atoms with Crippen molar-refractivity contribution >= 4 is 28.4 Å². The summed E-state index contributed by atoms with van der Waals surface area (Å²) in [6, 6.07) is 22.7. The van der Waals surface area contributed by atoms with E-state index in [0.717, 1.165) is 11.1 Å². The molecule has 0 fully saturated rings. The Kier molecular flexibility index (Phi) is 6.34. The maximum absolute atomic E-state index is 12.4. The summed E-state index contributed by atoms with van der Waals surface area (Å²) in [4.78, 5) is 23.5. The monoisotopic (exact) mass is 393 g/mol. The summed E-state index contributed by atoms with van der Waals surface area (Å²) < 4.78 is 12.4. The molecule has 0 radical (unpaired) electrons. The van der Waals surface area contributed by atoms with Crippen LogP contribution >= 0.6 is 0 Å². The third-order valence-corrected chi connectivity index (χ3v) is 5.37. The van der Waals surface area contributed by atoms with Crippen molar-refractivity contribution in [1.82, 2.24) is 0 Å². The Morgan fingerprint density at radius 1 is 0.786 bits per heavy atom. The van der Waals surface area contributed by atoms with Crippen LogP contribution in [-0.4, -0.2) is 21.2 Å². The van der Waals surface area contributed by atoms with E-state index in [1.54, 1.807) is 24.3 Å². The number of anilines is 1. The number of rotatable bonds is 7. The van der Waals surface area contributed by atoms with Gasteiger partial charge in [-0.15, -0.1) is 0 Å². The maximum atomic E-state index is 12.4. The minimum absolute atomic E-state index is 0.0534. The third-order valence-electron chi connectivity index (χ3n) is 4.05. The second-order valence-electron chi connectivity index (χ2n) is 6.25. The van der Waals surface area contributed by atoms with E-state index in [1.807, 2.05) is 36.4 Å². The Hall–Kier alpha value is -3.25. The van der Waals surface area contributed by atoms with Crippen LogP contribution in [0.25, 0.3) is 0 Å². The number of benzene rings is 3. The number of amides is 1. The summed E-state index contributed by atoms with van der Waals surface area (Å²) >= 11 is 0. The van der Waals surface area contributed by atoms with E-state index in [4.69, 9.17) is 5.11 Å². The van der Waals surface area contributed by atoms with Crippen LogP contribution in [0, 0.1) is 0 Å². The lowest BCUT2D eigenvalue weighted by Crippen LogP contribution is -2.13. The van der Waals surface area contributed by atoms with Gasteiger partial charge in [0, 0.05) is 33.6 Å². The lowest BCUT2D eigenvalue weighted by atomic mass is 10.1. The normalized spacial score (nSPS) is 11.6. The molecule has 3 rings (SSSR count). The quantitative estimate of drug-likeness (QED) is 0.633. The minimum Gasteiger partial charge on any atom is -0.478 e. The van der Waals surface area contributed by atoms with Crippen molar-refractivity contribution < 1.29 is 18.9 Å². The molecule has 1 amide bonds. The predicted octanol–water partition coefficient (Wildman–Crippen LogP) is 4.09. The van der Waals surface area contributed by atoms with E-state index in [0.29, 0.717) is 17.2 Å². The zero-order valence-electron chi connectivity index (χ0n) is 15.0. The molecular formula is C22H19NO4S. The van der Waals surface area contributed by atoms with Gasteiger partial charge in [-0.05, 0) is 41.5 Å². The molecule has 0 spiro atoms. The van der Waals surface area contributed by atoms with E-state index >= 15 is 0 Å². The number of nitrogens with one attached hydrogen (secondary N) is 1. The van der Waals surface area contributed by atoms with E-state index in [-0.39, 0.29) is 11.1 Å². The van der Waals surface area contributed by atoms with Crippen LogP contribution in [0.15, 0.2) is 78.9 Å². The smallest absolute Gasteiger partial charge is 0.335 e. The predicted molar refractivity (Wildman–Crippen MR) is 110 cm³/mol. The zero-order chi connectivity index (χ0) is 19.9. The highest BCUT2D eigenvalue weighted by Gasteiger charge is 2.10. The van der Waals surface area contributed by atoms with Gasteiger partial charge in [0.25, 0.3) is 5.91 Å². The Labute approximate surface area is 165 Å². The topological polar surface area (TPSA) is 83.5 Å². The van der Waals surface area contributed by atoms with Gasteiger partial charge >= 0.3 is 5.97 Å². The van der Waals surface area contributed by atoms with E-state index in [2.05, 4.69) is 5.32 Å². The van der Waals surface area contributed by atoms with Crippen molar-refractivity contribution in [2.45, 2.75) is 11.5 Å². The van der Waals surface area contributed by atoms with Crippen molar-refractivity contribution in [3.63, 3.8) is 0 Å². The van der Waals surface area contributed by atoms with E-state index in [1.165, 1.54) is 18.2 Å². The second-order valence-corrected chi connectivity index (χ2v) is 7.71. The van der Waals surface area contributed by atoms with Gasteiger partial charge in [0.15, 0.2) is 0 Å². The first-order valence-corrected chi connectivity index (χ1v) is 10.1. The molecule has 0 heterocycles. The summed E-state index contributed by atoms with van der Waals surface area (Å²) in [6.45, 7) is 0. The van der Waals surface area contributed by atoms with Crippen LogP contribution in [0.2, 0.25) is 0 Å². The van der Waals surface area contributed by atoms with Crippen LogP contribution in [-0.2, 0) is 22.3 Å². The molecule has 0 aliphatic rings. The Morgan fingerprint density at radius 3 is 2.18 bits per heavy atom. The van der Waals surface area contributed by atoms with Crippen LogP contribution in [0.1, 0.15) is 31.8 Å². The number of carbonyl (C=O) groups is 2. The maximum Gasteiger partial charge on any atom is 0.335 e. The summed E-state index contributed by atoms with van der Waals surface area (Å²) in [5.41, 5.74) is 2.76. The van der Waals surface area contributed by atoms with Gasteiger partial charge in [-0.25, -0.2) is 4.79 Å². The van der Waals surface area contributed by atoms with Crippen LogP contribution in [0.3, 0.4) is 0 Å². The van der Waals surface area contributed by atoms with Crippen molar-refractivity contribution in [3.05, 3.63) is 101 Å². The molecule has 142 valence electrons. The summed E-state index contributed by atoms with van der Waals surface area (Å²) in [7, 11) is -1.07. The second kappa shape index (κ2) is 9.10. The standard InChI is InChI=1S/C22H19NO4S/c24-21(18-9-5-10-19(13-18)22(25)26)23-20-11-4-8-17(12-20)15-28(27)14-16-6-2-1-3-7-16/h1-13H,14-15H2,(H,23,24)(H,25,26). The molecule has 6 heteroatoms. The summed E-state index contributed by atoms with van der Waals surface area (Å²) in [5.74, 6) is -0.629. The first-order valence-electron chi connectivity index (χ1n) is 8.64. The highest BCUT2D eigenvalue weighted by molar-refractivity contribution is 7.83. The molecule has 0 aromatic heterocycles. The number of hydrogen-bond acceptors (Lipinski definition) is 3. The zero-order valence-corrected chi connectivity index (χ0v) is 15.8. The van der Waals surface area contributed by atoms with E-state index in [9.17, 15) is 13.8 Å². The largest absolute Gasteiger partial charge is 0.478 e. The number of hydrogen-bond donors (Lipinski definition) is 2. The SMILES string of the molecule is O=C(O)c1cccc(C(=O)Nc2cccc(CS(=O)Cc3ccccc3)c2)c1. The summed E-state index contributed by atoms with van der Waals surface area (Å²) in [6.07, 6.45) is 0. The molecule has 28 heavy (non-hydrogen) atoms. The first kappa shape index (κ1) is 19.5. The van der Waals surface area contributed by atoms with Crippen LogP contribution < -0.4 is 5.32 Å². The Morgan fingerprint density at radius 2 is 1.43 bits per heavy atom. The van der Waals surface area contributed by atoms with Crippen molar-refractivity contribution in [3.8, 4) is 0 Å². The molecule has 3 aromatic carbocycles. The Balaban J connectivity index is 1.66. The molecule has 0 aliphatic carbocycles. The highest BCUT2D eigenvalue weighted by Crippen LogP contribution is 2.16. The van der Waals surface area contributed by atoms with Gasteiger partial charge in [0.2, 0.25) is 0 Å². The van der Waals surface area contributed by atoms with Gasteiger partial charge in [-0.2, -0.15) is 0 Å². The average Bonchev–Trinajstić information content (AvgIpc) is 2.69. The van der Waals surface area contributed by atoms with Gasteiger partial charge in [0.05, 0.1) is 5.56 Å². The fourth-order valence-electron chi connectivity index (χ4n) is 2.73. The van der Waals surface area contributed by atoms with Gasteiger partial charge in [0.1, 0.15) is 0 Å².